The van der Waals surface area contributed by atoms with Gasteiger partial charge in [0.1, 0.15) is 0 Å². The summed E-state index contributed by atoms with van der Waals surface area (Å²) in [5.74, 6) is 0. The highest BCUT2D eigenvalue weighted by molar-refractivity contribution is 9.10. The minimum atomic E-state index is -3.50. The smallest absolute Gasteiger partial charge is 0.244 e. The van der Waals surface area contributed by atoms with Crippen LogP contribution in [0, 0.1) is 0 Å². The van der Waals surface area contributed by atoms with Crippen LogP contribution in [0.25, 0.3) is 0 Å². The molecule has 0 saturated heterocycles. The van der Waals surface area contributed by atoms with Gasteiger partial charge in [0.2, 0.25) is 10.0 Å². The van der Waals surface area contributed by atoms with E-state index in [-0.39, 0.29) is 10.9 Å². The molecule has 1 aromatic carbocycles. The Labute approximate surface area is 122 Å². The molecular formula is C13H17BrN2O2S. The average Bonchev–Trinajstić information content (AvgIpc) is 3.20. The molecule has 0 atom stereocenters. The van der Waals surface area contributed by atoms with Gasteiger partial charge in [0, 0.05) is 23.6 Å². The van der Waals surface area contributed by atoms with Gasteiger partial charge in [-0.15, -0.1) is 6.58 Å². The number of rotatable bonds is 6. The molecule has 0 radical (unpaired) electrons. The number of hydrogen-bond donors (Lipinski definition) is 1. The first-order valence-corrected chi connectivity index (χ1v) is 8.35. The molecule has 0 heterocycles. The Morgan fingerprint density at radius 1 is 1.47 bits per heavy atom. The van der Waals surface area contributed by atoms with E-state index in [1.165, 1.54) is 4.31 Å². The van der Waals surface area contributed by atoms with E-state index in [1.807, 2.05) is 6.07 Å². The van der Waals surface area contributed by atoms with Crippen LogP contribution < -0.4 is 5.73 Å². The third-order valence-corrected chi connectivity index (χ3v) is 5.99. The van der Waals surface area contributed by atoms with E-state index < -0.39 is 10.0 Å². The summed E-state index contributed by atoms with van der Waals surface area (Å²) in [6.07, 6.45) is 3.46. The molecule has 2 N–H and O–H groups in total. The van der Waals surface area contributed by atoms with Gasteiger partial charge in [-0.1, -0.05) is 12.1 Å². The molecule has 1 saturated carbocycles. The number of nitrogens with two attached hydrogens (primary N) is 1. The van der Waals surface area contributed by atoms with Gasteiger partial charge in [0.15, 0.2) is 0 Å². The minimum Gasteiger partial charge on any atom is -0.326 e. The first kappa shape index (κ1) is 14.7. The van der Waals surface area contributed by atoms with Gasteiger partial charge < -0.3 is 5.73 Å². The van der Waals surface area contributed by atoms with E-state index in [9.17, 15) is 8.42 Å². The van der Waals surface area contributed by atoms with Crippen molar-refractivity contribution in [2.45, 2.75) is 30.3 Å². The highest BCUT2D eigenvalue weighted by Crippen LogP contribution is 2.34. The van der Waals surface area contributed by atoms with Crippen molar-refractivity contribution in [1.82, 2.24) is 4.31 Å². The SMILES string of the molecule is C=CCN(C1CC1)S(=O)(=O)c1cc(CN)ccc1Br. The molecule has 0 aromatic heterocycles. The van der Waals surface area contributed by atoms with Crippen LogP contribution >= 0.6 is 15.9 Å². The van der Waals surface area contributed by atoms with Crippen molar-refractivity contribution in [3.63, 3.8) is 0 Å². The molecule has 1 aromatic rings. The number of benzene rings is 1. The molecular weight excluding hydrogens is 328 g/mol. The third kappa shape index (κ3) is 3.08. The van der Waals surface area contributed by atoms with Crippen LogP contribution in [0.15, 0.2) is 40.2 Å². The second-order valence-corrected chi connectivity index (χ2v) is 7.28. The lowest BCUT2D eigenvalue weighted by atomic mass is 10.2. The predicted octanol–water partition coefficient (Wildman–Crippen LogP) is 2.25. The number of halogens is 1. The van der Waals surface area contributed by atoms with Crippen LogP contribution in [0.3, 0.4) is 0 Å². The second kappa shape index (κ2) is 5.75. The van der Waals surface area contributed by atoms with Crippen LogP contribution in [0.1, 0.15) is 18.4 Å². The topological polar surface area (TPSA) is 63.4 Å². The maximum Gasteiger partial charge on any atom is 0.244 e. The van der Waals surface area contributed by atoms with Crippen molar-refractivity contribution in [2.24, 2.45) is 5.73 Å². The molecule has 0 aliphatic heterocycles. The summed E-state index contributed by atoms with van der Waals surface area (Å²) >= 11 is 3.31. The molecule has 1 aliphatic carbocycles. The van der Waals surface area contributed by atoms with Crippen molar-refractivity contribution in [1.29, 1.82) is 0 Å². The molecule has 6 heteroatoms. The fourth-order valence-electron chi connectivity index (χ4n) is 1.93. The number of nitrogens with zero attached hydrogens (tertiary/aromatic N) is 1. The van der Waals surface area contributed by atoms with E-state index in [0.29, 0.717) is 17.6 Å². The van der Waals surface area contributed by atoms with Crippen LogP contribution in [-0.2, 0) is 16.6 Å². The minimum absolute atomic E-state index is 0.108. The third-order valence-electron chi connectivity index (χ3n) is 3.08. The van der Waals surface area contributed by atoms with Crippen LogP contribution in [0.4, 0.5) is 0 Å². The molecule has 19 heavy (non-hydrogen) atoms. The monoisotopic (exact) mass is 344 g/mol. The van der Waals surface area contributed by atoms with Crippen molar-refractivity contribution in [3.05, 3.63) is 40.9 Å². The summed E-state index contributed by atoms with van der Waals surface area (Å²) in [6, 6.07) is 5.29. The Bertz CT molecular complexity index is 582. The van der Waals surface area contributed by atoms with Crippen LogP contribution in [0.5, 0.6) is 0 Å². The van der Waals surface area contributed by atoms with E-state index in [0.717, 1.165) is 18.4 Å². The number of hydrogen-bond acceptors (Lipinski definition) is 3. The van der Waals surface area contributed by atoms with E-state index in [2.05, 4.69) is 22.5 Å². The summed E-state index contributed by atoms with van der Waals surface area (Å²) in [6.45, 7) is 4.30. The Morgan fingerprint density at radius 2 is 2.16 bits per heavy atom. The first-order chi connectivity index (χ1) is 9.00. The Hall–Kier alpha value is -0.690. The molecule has 0 bridgehead atoms. The molecule has 0 amide bonds. The second-order valence-electron chi connectivity index (χ2n) is 4.56. The van der Waals surface area contributed by atoms with Gasteiger partial charge in [-0.3, -0.25) is 0 Å². The number of sulfonamides is 1. The zero-order valence-electron chi connectivity index (χ0n) is 10.5. The van der Waals surface area contributed by atoms with E-state index in [4.69, 9.17) is 5.73 Å². The summed E-state index contributed by atoms with van der Waals surface area (Å²) in [7, 11) is -3.50. The molecule has 1 aliphatic rings. The van der Waals surface area contributed by atoms with Gasteiger partial charge in [0.05, 0.1) is 4.90 Å². The zero-order chi connectivity index (χ0) is 14.0. The zero-order valence-corrected chi connectivity index (χ0v) is 13.0. The first-order valence-electron chi connectivity index (χ1n) is 6.12. The van der Waals surface area contributed by atoms with Gasteiger partial charge in [0.25, 0.3) is 0 Å². The summed E-state index contributed by atoms with van der Waals surface area (Å²) < 4.78 is 27.5. The highest BCUT2D eigenvalue weighted by Gasteiger charge is 2.38. The lowest BCUT2D eigenvalue weighted by Crippen LogP contribution is -2.33. The Kier molecular flexibility index (Phi) is 4.45. The van der Waals surface area contributed by atoms with Gasteiger partial charge in [-0.2, -0.15) is 4.31 Å². The maximum atomic E-state index is 12.7. The molecule has 4 nitrogen and oxygen atoms in total. The van der Waals surface area contributed by atoms with Gasteiger partial charge >= 0.3 is 0 Å². The average molecular weight is 345 g/mol. The van der Waals surface area contributed by atoms with Gasteiger partial charge in [-0.25, -0.2) is 8.42 Å². The predicted molar refractivity (Wildman–Crippen MR) is 79.1 cm³/mol. The van der Waals surface area contributed by atoms with Crippen molar-refractivity contribution >= 4 is 26.0 Å². The van der Waals surface area contributed by atoms with Gasteiger partial charge in [-0.05, 0) is 46.5 Å². The van der Waals surface area contributed by atoms with Crippen LogP contribution in [0.2, 0.25) is 0 Å². The lowest BCUT2D eigenvalue weighted by Gasteiger charge is -2.21. The van der Waals surface area contributed by atoms with Crippen LogP contribution in [-0.4, -0.2) is 25.3 Å². The summed E-state index contributed by atoms with van der Waals surface area (Å²) in [5, 5.41) is 0. The lowest BCUT2D eigenvalue weighted by molar-refractivity contribution is 0.435. The quantitative estimate of drug-likeness (QED) is 0.805. The van der Waals surface area contributed by atoms with Crippen molar-refractivity contribution in [2.75, 3.05) is 6.54 Å². The highest BCUT2D eigenvalue weighted by atomic mass is 79.9. The summed E-state index contributed by atoms with van der Waals surface area (Å²) in [4.78, 5) is 0.282. The fraction of sp³-hybridized carbons (Fsp3) is 0.385. The normalized spacial score (nSPS) is 15.7. The molecule has 104 valence electrons. The Morgan fingerprint density at radius 3 is 2.68 bits per heavy atom. The van der Waals surface area contributed by atoms with E-state index in [1.54, 1.807) is 18.2 Å². The summed E-state index contributed by atoms with van der Waals surface area (Å²) in [5.41, 5.74) is 6.38. The largest absolute Gasteiger partial charge is 0.326 e. The van der Waals surface area contributed by atoms with Crippen molar-refractivity contribution in [3.8, 4) is 0 Å². The molecule has 2 rings (SSSR count). The van der Waals surface area contributed by atoms with E-state index >= 15 is 0 Å². The standard InChI is InChI=1S/C13H17BrN2O2S/c1-2-7-16(11-4-5-11)19(17,18)13-8-10(9-15)3-6-12(13)14/h2-3,6,8,11H,1,4-5,7,9,15H2. The molecule has 1 fully saturated rings. The molecule has 0 spiro atoms. The Balaban J connectivity index is 2.45. The maximum absolute atomic E-state index is 12.7. The fourth-order valence-corrected chi connectivity index (χ4v) is 4.56. The molecule has 0 unspecified atom stereocenters. The van der Waals surface area contributed by atoms with Crippen molar-refractivity contribution < 1.29 is 8.42 Å².